The van der Waals surface area contributed by atoms with E-state index >= 15 is 0 Å². The fourth-order valence-electron chi connectivity index (χ4n) is 3.27. The lowest BCUT2D eigenvalue weighted by Crippen LogP contribution is -2.49. The quantitative estimate of drug-likeness (QED) is 0.777. The molecule has 6 nitrogen and oxygen atoms in total. The van der Waals surface area contributed by atoms with E-state index in [-0.39, 0.29) is 24.6 Å². The van der Waals surface area contributed by atoms with Crippen LogP contribution in [0, 0.1) is 0 Å². The third-order valence-electron chi connectivity index (χ3n) is 4.90. The number of nitrogens with zero attached hydrogens (tertiary/aromatic N) is 2. The lowest BCUT2D eigenvalue weighted by molar-refractivity contribution is -0.136. The van der Waals surface area contributed by atoms with E-state index in [0.717, 1.165) is 6.54 Å². The maximum atomic E-state index is 13.8. The zero-order valence-corrected chi connectivity index (χ0v) is 12.6. The smallest absolute Gasteiger partial charge is 0.224 e. The van der Waals surface area contributed by atoms with E-state index in [1.165, 1.54) is 26.4 Å². The maximum absolute atomic E-state index is 13.8. The summed E-state index contributed by atoms with van der Waals surface area (Å²) in [4.78, 5) is 13.9. The number of ether oxygens (including phenoxy) is 1. The number of rotatable bonds is 4. The molecule has 7 heteroatoms. The van der Waals surface area contributed by atoms with E-state index in [1.54, 1.807) is 4.90 Å². The summed E-state index contributed by atoms with van der Waals surface area (Å²) in [5.41, 5.74) is 6.33. The molecule has 3 fully saturated rings. The van der Waals surface area contributed by atoms with E-state index in [0.29, 0.717) is 25.4 Å². The Balaban J connectivity index is 1.44. The third kappa shape index (κ3) is 3.36. The van der Waals surface area contributed by atoms with Gasteiger partial charge in [0.1, 0.15) is 6.17 Å². The highest BCUT2D eigenvalue weighted by Gasteiger charge is 2.35. The molecule has 0 spiro atoms. The van der Waals surface area contributed by atoms with Crippen LogP contribution in [-0.4, -0.2) is 66.9 Å². The molecule has 2 saturated heterocycles. The minimum Gasteiger partial charge on any atom is -0.378 e. The van der Waals surface area contributed by atoms with Crippen LogP contribution in [0.15, 0.2) is 0 Å². The van der Waals surface area contributed by atoms with Gasteiger partial charge in [-0.05, 0) is 19.3 Å². The van der Waals surface area contributed by atoms with Gasteiger partial charge in [-0.1, -0.05) is 6.42 Å². The molecule has 3 aliphatic rings. The molecule has 0 aromatic carbocycles. The molecular weight excluding hydrogens is 275 g/mol. The van der Waals surface area contributed by atoms with Gasteiger partial charge in [0.2, 0.25) is 5.91 Å². The normalized spacial score (nSPS) is 35.0. The van der Waals surface area contributed by atoms with Crippen molar-refractivity contribution < 1.29 is 13.9 Å². The first-order valence-electron chi connectivity index (χ1n) is 7.90. The Morgan fingerprint density at radius 1 is 1.33 bits per heavy atom. The molecule has 21 heavy (non-hydrogen) atoms. The molecule has 0 aromatic rings. The number of carbonyl (C=O) groups is 1. The Bertz CT molecular complexity index is 380. The van der Waals surface area contributed by atoms with Crippen molar-refractivity contribution in [1.82, 2.24) is 20.9 Å². The van der Waals surface area contributed by atoms with Gasteiger partial charge in [0.05, 0.1) is 12.6 Å². The zero-order chi connectivity index (χ0) is 14.8. The lowest BCUT2D eigenvalue weighted by Gasteiger charge is -2.34. The van der Waals surface area contributed by atoms with Crippen LogP contribution in [0.4, 0.5) is 4.39 Å². The number of nitrogens with one attached hydrogen (secondary N) is 2. The number of piperidine rings is 1. The van der Waals surface area contributed by atoms with Gasteiger partial charge in [-0.15, -0.1) is 0 Å². The highest BCUT2D eigenvalue weighted by molar-refractivity contribution is 5.77. The molecule has 1 aliphatic carbocycles. The first-order chi connectivity index (χ1) is 10.2. The van der Waals surface area contributed by atoms with Gasteiger partial charge in [0.25, 0.3) is 0 Å². The Morgan fingerprint density at radius 3 is 2.76 bits per heavy atom. The van der Waals surface area contributed by atoms with Gasteiger partial charge in [-0.25, -0.2) is 14.8 Å². The Labute approximate surface area is 124 Å². The van der Waals surface area contributed by atoms with Crippen molar-refractivity contribution in [2.45, 2.75) is 56.5 Å². The summed E-state index contributed by atoms with van der Waals surface area (Å²) in [5, 5.41) is 2.19. The van der Waals surface area contributed by atoms with Crippen molar-refractivity contribution in [3.63, 3.8) is 0 Å². The number of alkyl halides is 1. The van der Waals surface area contributed by atoms with Crippen molar-refractivity contribution in [1.29, 1.82) is 0 Å². The lowest BCUT2D eigenvalue weighted by atomic mass is 9.92. The molecule has 2 N–H and O–H groups in total. The Morgan fingerprint density at radius 2 is 2.14 bits per heavy atom. The number of hydrazine groups is 2. The highest BCUT2D eigenvalue weighted by Crippen LogP contribution is 2.25. The van der Waals surface area contributed by atoms with Crippen LogP contribution in [-0.2, 0) is 9.53 Å². The fraction of sp³-hybridized carbons (Fsp3) is 0.929. The molecule has 1 unspecified atom stereocenters. The summed E-state index contributed by atoms with van der Waals surface area (Å²) in [6.45, 7) is 1.58. The summed E-state index contributed by atoms with van der Waals surface area (Å²) in [6, 6.07) is 0.710. The largest absolute Gasteiger partial charge is 0.378 e. The number of carbonyl (C=O) groups excluding carboxylic acids is 1. The monoisotopic (exact) mass is 300 g/mol. The molecule has 1 amide bonds. The zero-order valence-electron chi connectivity index (χ0n) is 12.6. The van der Waals surface area contributed by atoms with Gasteiger partial charge in [-0.2, -0.15) is 5.53 Å². The SMILES string of the molecule is CO[C@H]1CCN(C(=O)CC2CN(C3CCC3)NN2)C[C@H]1F. The van der Waals surface area contributed by atoms with Gasteiger partial charge >= 0.3 is 0 Å². The molecule has 0 radical (unpaired) electrons. The van der Waals surface area contributed by atoms with Crippen LogP contribution in [0.1, 0.15) is 32.1 Å². The van der Waals surface area contributed by atoms with Crippen molar-refractivity contribution in [2.24, 2.45) is 0 Å². The molecule has 2 heterocycles. The van der Waals surface area contributed by atoms with Crippen molar-refractivity contribution in [2.75, 3.05) is 26.7 Å². The molecule has 3 rings (SSSR count). The molecule has 3 atom stereocenters. The maximum Gasteiger partial charge on any atom is 0.224 e. The minimum atomic E-state index is -1.08. The highest BCUT2D eigenvalue weighted by atomic mass is 19.1. The summed E-state index contributed by atoms with van der Waals surface area (Å²) < 4.78 is 18.9. The van der Waals surface area contributed by atoms with Crippen LogP contribution in [0.3, 0.4) is 0 Å². The molecule has 1 saturated carbocycles. The summed E-state index contributed by atoms with van der Waals surface area (Å²) in [7, 11) is 1.53. The van der Waals surface area contributed by atoms with Gasteiger partial charge in [-0.3, -0.25) is 4.79 Å². The van der Waals surface area contributed by atoms with Crippen LogP contribution in [0.25, 0.3) is 0 Å². The standard InChI is InChI=1S/C14H25FN4O2/c1-21-13-5-6-18(9-12(13)15)14(20)7-10-8-19(17-16-10)11-3-2-4-11/h10-13,16-17H,2-9H2,1H3/t10?,12-,13+/m1/s1. The summed E-state index contributed by atoms with van der Waals surface area (Å²) in [6.07, 6.45) is 3.29. The summed E-state index contributed by atoms with van der Waals surface area (Å²) in [5.74, 6) is 0.0296. The number of hydrogen-bond acceptors (Lipinski definition) is 5. The van der Waals surface area contributed by atoms with Crippen molar-refractivity contribution in [3.05, 3.63) is 0 Å². The van der Waals surface area contributed by atoms with Crippen molar-refractivity contribution in [3.8, 4) is 0 Å². The molecular formula is C14H25FN4O2. The average Bonchev–Trinajstić information content (AvgIpc) is 2.84. The Hall–Kier alpha value is -0.760. The van der Waals surface area contributed by atoms with Crippen molar-refractivity contribution >= 4 is 5.91 Å². The van der Waals surface area contributed by atoms with Gasteiger partial charge in [0.15, 0.2) is 0 Å². The fourth-order valence-corrected chi connectivity index (χ4v) is 3.27. The minimum absolute atomic E-state index is 0.0296. The van der Waals surface area contributed by atoms with Crippen LogP contribution in [0.5, 0.6) is 0 Å². The second-order valence-corrected chi connectivity index (χ2v) is 6.31. The van der Waals surface area contributed by atoms with E-state index in [9.17, 15) is 9.18 Å². The number of amides is 1. The predicted octanol–water partition coefficient (Wildman–Crippen LogP) is 0.208. The summed E-state index contributed by atoms with van der Waals surface area (Å²) >= 11 is 0. The number of methoxy groups -OCH3 is 1. The van der Waals surface area contributed by atoms with E-state index in [1.807, 2.05) is 0 Å². The van der Waals surface area contributed by atoms with E-state index in [4.69, 9.17) is 4.74 Å². The first-order valence-corrected chi connectivity index (χ1v) is 7.90. The first kappa shape index (κ1) is 15.1. The van der Waals surface area contributed by atoms with Crippen LogP contribution < -0.4 is 11.0 Å². The molecule has 0 aromatic heterocycles. The molecule has 2 aliphatic heterocycles. The second-order valence-electron chi connectivity index (χ2n) is 6.31. The topological polar surface area (TPSA) is 56.8 Å². The number of halogens is 1. The van der Waals surface area contributed by atoms with Gasteiger partial charge in [0, 0.05) is 38.7 Å². The van der Waals surface area contributed by atoms with E-state index in [2.05, 4.69) is 16.0 Å². The molecule has 0 bridgehead atoms. The van der Waals surface area contributed by atoms with Gasteiger partial charge < -0.3 is 9.64 Å². The van der Waals surface area contributed by atoms with E-state index < -0.39 is 6.17 Å². The Kier molecular flexibility index (Phi) is 4.73. The second kappa shape index (κ2) is 6.56. The van der Waals surface area contributed by atoms with Crippen LogP contribution >= 0.6 is 0 Å². The third-order valence-corrected chi connectivity index (χ3v) is 4.90. The average molecular weight is 300 g/mol. The predicted molar refractivity (Wildman–Crippen MR) is 75.9 cm³/mol. The van der Waals surface area contributed by atoms with Crippen LogP contribution in [0.2, 0.25) is 0 Å². The number of hydrogen-bond donors (Lipinski definition) is 2. The molecule has 120 valence electrons. The number of likely N-dealkylation sites (tertiary alicyclic amines) is 1.